The molecular formula is C21H20Cl2N4O3S2. The van der Waals surface area contributed by atoms with Crippen molar-refractivity contribution in [2.75, 3.05) is 32.1 Å². The van der Waals surface area contributed by atoms with Gasteiger partial charge in [-0.15, -0.1) is 23.7 Å². The van der Waals surface area contributed by atoms with Crippen LogP contribution in [-0.4, -0.2) is 47.9 Å². The van der Waals surface area contributed by atoms with Gasteiger partial charge in [0.2, 0.25) is 0 Å². The number of carbonyl (C=O) groups excluding carboxylic acids is 1. The summed E-state index contributed by atoms with van der Waals surface area (Å²) >= 11 is 9.04. The first-order chi connectivity index (χ1) is 14.8. The van der Waals surface area contributed by atoms with Crippen LogP contribution in [0.4, 0.5) is 10.8 Å². The minimum Gasteiger partial charge on any atom is -0.309 e. The number of non-ortho nitro benzene ring substituents is 1. The zero-order valence-electron chi connectivity index (χ0n) is 17.3. The first-order valence-electron chi connectivity index (χ1n) is 9.53. The number of carbonyl (C=O) groups is 1. The largest absolute Gasteiger partial charge is 0.309 e. The van der Waals surface area contributed by atoms with E-state index in [0.29, 0.717) is 32.5 Å². The summed E-state index contributed by atoms with van der Waals surface area (Å²) in [6.07, 6.45) is 0.777. The van der Waals surface area contributed by atoms with Gasteiger partial charge in [0.1, 0.15) is 5.52 Å². The fraction of sp³-hybridized carbons (Fsp3) is 0.238. The smallest absolute Gasteiger partial charge is 0.270 e. The number of halogens is 2. The molecule has 0 aliphatic carbocycles. The second kappa shape index (κ2) is 10.1. The molecule has 4 rings (SSSR count). The summed E-state index contributed by atoms with van der Waals surface area (Å²) in [5.74, 6) is -0.169. The van der Waals surface area contributed by atoms with E-state index in [2.05, 4.69) is 9.88 Å². The molecule has 0 fully saturated rings. The lowest BCUT2D eigenvalue weighted by molar-refractivity contribution is -0.384. The lowest BCUT2D eigenvalue weighted by atomic mass is 10.2. The summed E-state index contributed by atoms with van der Waals surface area (Å²) in [4.78, 5) is 33.0. The van der Waals surface area contributed by atoms with Crippen LogP contribution in [0.2, 0.25) is 5.02 Å². The number of aromatic nitrogens is 1. The molecular weight excluding hydrogens is 491 g/mol. The van der Waals surface area contributed by atoms with Crippen molar-refractivity contribution in [3.05, 3.63) is 62.5 Å². The summed E-state index contributed by atoms with van der Waals surface area (Å²) in [7, 11) is 3.98. The maximum Gasteiger partial charge on any atom is 0.270 e. The van der Waals surface area contributed by atoms with Crippen LogP contribution in [0, 0.1) is 10.1 Å². The van der Waals surface area contributed by atoms with Gasteiger partial charge in [0.15, 0.2) is 5.13 Å². The molecule has 7 nitrogen and oxygen atoms in total. The highest BCUT2D eigenvalue weighted by atomic mass is 35.5. The van der Waals surface area contributed by atoms with Crippen LogP contribution < -0.4 is 4.90 Å². The second-order valence-electron chi connectivity index (χ2n) is 7.29. The van der Waals surface area contributed by atoms with Crippen LogP contribution >= 0.6 is 46.7 Å². The van der Waals surface area contributed by atoms with Crippen molar-refractivity contribution >= 4 is 83.7 Å². The molecule has 0 radical (unpaired) electrons. The van der Waals surface area contributed by atoms with Gasteiger partial charge in [-0.1, -0.05) is 29.0 Å². The predicted molar refractivity (Wildman–Crippen MR) is 135 cm³/mol. The van der Waals surface area contributed by atoms with Gasteiger partial charge < -0.3 is 4.90 Å². The Hall–Kier alpha value is -2.30. The van der Waals surface area contributed by atoms with Gasteiger partial charge in [-0.25, -0.2) is 4.98 Å². The number of benzene rings is 2. The predicted octanol–water partition coefficient (Wildman–Crippen LogP) is 6.09. The molecule has 0 bridgehead atoms. The quantitative estimate of drug-likeness (QED) is 0.222. The zero-order chi connectivity index (χ0) is 22.1. The standard InChI is InChI=1S/C21H19ClN4O3S2.ClH/c1-24(2)9-4-10-25(21-23-19-15(22)5-3-6-17(19)31-21)20(27)18-12-13-11-14(26(28)29)7-8-16(13)30-18;/h3,5-8,11-12H,4,9-10H2,1-2H3;1H. The number of nitro groups is 1. The van der Waals surface area contributed by atoms with Crippen molar-refractivity contribution in [3.63, 3.8) is 0 Å². The third kappa shape index (κ3) is 5.02. The van der Waals surface area contributed by atoms with E-state index in [1.165, 1.54) is 34.8 Å². The number of thiazole rings is 1. The maximum absolute atomic E-state index is 13.5. The summed E-state index contributed by atoms with van der Waals surface area (Å²) in [6, 6.07) is 11.9. The van der Waals surface area contributed by atoms with Crippen LogP contribution in [0.25, 0.3) is 20.3 Å². The van der Waals surface area contributed by atoms with Crippen LogP contribution in [-0.2, 0) is 0 Å². The Morgan fingerprint density at radius 3 is 2.59 bits per heavy atom. The molecule has 4 aromatic rings. The fourth-order valence-corrected chi connectivity index (χ4v) is 5.51. The molecule has 0 saturated heterocycles. The molecule has 32 heavy (non-hydrogen) atoms. The third-order valence-electron chi connectivity index (χ3n) is 4.74. The van der Waals surface area contributed by atoms with Gasteiger partial charge in [0.25, 0.3) is 11.6 Å². The number of rotatable bonds is 7. The molecule has 2 aromatic carbocycles. The highest BCUT2D eigenvalue weighted by Crippen LogP contribution is 2.35. The summed E-state index contributed by atoms with van der Waals surface area (Å²) < 4.78 is 1.74. The number of thiophene rings is 1. The van der Waals surface area contributed by atoms with Crippen LogP contribution in [0.15, 0.2) is 42.5 Å². The Morgan fingerprint density at radius 2 is 1.91 bits per heavy atom. The Morgan fingerprint density at radius 1 is 1.12 bits per heavy atom. The molecule has 0 spiro atoms. The molecule has 0 N–H and O–H groups in total. The first-order valence-corrected chi connectivity index (χ1v) is 11.5. The Balaban J connectivity index is 0.00000289. The number of hydrogen-bond acceptors (Lipinski definition) is 7. The fourth-order valence-electron chi connectivity index (χ4n) is 3.23. The molecule has 0 atom stereocenters. The van der Waals surface area contributed by atoms with E-state index < -0.39 is 4.92 Å². The zero-order valence-corrected chi connectivity index (χ0v) is 20.5. The number of fused-ring (bicyclic) bond motifs is 2. The number of nitro benzene ring substituents is 1. The Kier molecular flexibility index (Phi) is 7.68. The lowest BCUT2D eigenvalue weighted by Crippen LogP contribution is -2.32. The monoisotopic (exact) mass is 510 g/mol. The average molecular weight is 511 g/mol. The van der Waals surface area contributed by atoms with Gasteiger partial charge in [-0.3, -0.25) is 19.8 Å². The van der Waals surface area contributed by atoms with Crippen LogP contribution in [0.5, 0.6) is 0 Å². The van der Waals surface area contributed by atoms with Gasteiger partial charge in [0.05, 0.1) is 19.5 Å². The van der Waals surface area contributed by atoms with Gasteiger partial charge in [-0.05, 0) is 51.3 Å². The molecule has 2 aromatic heterocycles. The molecule has 168 valence electrons. The van der Waals surface area contributed by atoms with E-state index in [9.17, 15) is 14.9 Å². The van der Waals surface area contributed by atoms with Gasteiger partial charge in [0, 0.05) is 28.8 Å². The maximum atomic E-state index is 13.5. The van der Waals surface area contributed by atoms with Crippen molar-refractivity contribution in [1.29, 1.82) is 0 Å². The topological polar surface area (TPSA) is 79.6 Å². The third-order valence-corrected chi connectivity index (χ3v) is 7.20. The van der Waals surface area contributed by atoms with E-state index in [1.54, 1.807) is 23.1 Å². The normalized spacial score (nSPS) is 11.1. The van der Waals surface area contributed by atoms with Crippen molar-refractivity contribution in [2.45, 2.75) is 6.42 Å². The number of para-hydroxylation sites is 1. The number of anilines is 1. The number of hydrogen-bond donors (Lipinski definition) is 0. The van der Waals surface area contributed by atoms with Crippen LogP contribution in [0.1, 0.15) is 16.1 Å². The minimum atomic E-state index is -0.434. The molecule has 1 amide bonds. The molecule has 2 heterocycles. The van der Waals surface area contributed by atoms with E-state index >= 15 is 0 Å². The van der Waals surface area contributed by atoms with E-state index in [1.807, 2.05) is 26.2 Å². The van der Waals surface area contributed by atoms with E-state index in [0.717, 1.165) is 22.4 Å². The Bertz CT molecular complexity index is 1290. The van der Waals surface area contributed by atoms with Crippen molar-refractivity contribution in [2.24, 2.45) is 0 Å². The summed E-state index contributed by atoms with van der Waals surface area (Å²) in [5, 5.41) is 12.9. The van der Waals surface area contributed by atoms with Gasteiger partial charge >= 0.3 is 0 Å². The minimum absolute atomic E-state index is 0. The second-order valence-corrected chi connectivity index (χ2v) is 9.79. The number of nitrogens with zero attached hydrogens (tertiary/aromatic N) is 4. The van der Waals surface area contributed by atoms with E-state index in [4.69, 9.17) is 11.6 Å². The van der Waals surface area contributed by atoms with Crippen molar-refractivity contribution in [1.82, 2.24) is 9.88 Å². The molecule has 0 aliphatic rings. The van der Waals surface area contributed by atoms with Crippen molar-refractivity contribution < 1.29 is 9.72 Å². The highest BCUT2D eigenvalue weighted by Gasteiger charge is 2.24. The Labute approximate surface area is 203 Å². The highest BCUT2D eigenvalue weighted by molar-refractivity contribution is 7.23. The molecule has 0 aliphatic heterocycles. The number of amides is 1. The molecule has 0 unspecified atom stereocenters. The lowest BCUT2D eigenvalue weighted by Gasteiger charge is -2.20. The van der Waals surface area contributed by atoms with Crippen LogP contribution in [0.3, 0.4) is 0 Å². The summed E-state index contributed by atoms with van der Waals surface area (Å²) in [5.41, 5.74) is 0.689. The molecule has 11 heteroatoms. The van der Waals surface area contributed by atoms with Crippen molar-refractivity contribution in [3.8, 4) is 0 Å². The summed E-state index contributed by atoms with van der Waals surface area (Å²) in [6.45, 7) is 1.33. The first kappa shape index (κ1) is 24.3. The van der Waals surface area contributed by atoms with Gasteiger partial charge in [-0.2, -0.15) is 0 Å². The molecule has 0 saturated carbocycles. The average Bonchev–Trinajstić information content (AvgIpc) is 3.34. The SMILES string of the molecule is CN(C)CCCN(C(=O)c1cc2cc([N+](=O)[O-])ccc2s1)c1nc2c(Cl)cccc2s1.Cl. The van der Waals surface area contributed by atoms with E-state index in [-0.39, 0.29) is 24.0 Å².